The van der Waals surface area contributed by atoms with Gasteiger partial charge in [0.2, 0.25) is 0 Å². The second kappa shape index (κ2) is 8.16. The fourth-order valence-electron chi connectivity index (χ4n) is 3.45. The molecule has 8 heteroatoms. The molecule has 152 valence electrons. The maximum Gasteiger partial charge on any atom is 0.253 e. The topological polar surface area (TPSA) is 64.1 Å². The zero-order valence-electron chi connectivity index (χ0n) is 16.7. The standard InChI is InChI=1S/C21H23N3O4S/c1-26-15-6-4-14(5-7-15)20(25)23-10-12-24(13-11-23)21-22-18-17(29-21)9-8-16(27-2)19(18)28-3/h4-9H,10-13H2,1-3H3. The monoisotopic (exact) mass is 413 g/mol. The molecule has 1 fully saturated rings. The van der Waals surface area contributed by atoms with Gasteiger partial charge in [0.15, 0.2) is 16.6 Å². The number of benzene rings is 2. The second-order valence-corrected chi connectivity index (χ2v) is 7.66. The Morgan fingerprint density at radius 3 is 2.28 bits per heavy atom. The lowest BCUT2D eigenvalue weighted by Crippen LogP contribution is -2.48. The van der Waals surface area contributed by atoms with E-state index in [0.29, 0.717) is 30.2 Å². The van der Waals surface area contributed by atoms with Gasteiger partial charge in [-0.2, -0.15) is 0 Å². The first-order chi connectivity index (χ1) is 14.1. The van der Waals surface area contributed by atoms with E-state index in [9.17, 15) is 4.79 Å². The summed E-state index contributed by atoms with van der Waals surface area (Å²) in [6, 6.07) is 11.1. The molecule has 3 aromatic rings. The van der Waals surface area contributed by atoms with E-state index in [-0.39, 0.29) is 5.91 Å². The number of carbonyl (C=O) groups is 1. The van der Waals surface area contributed by atoms with Crippen molar-refractivity contribution in [2.45, 2.75) is 0 Å². The number of hydrogen-bond acceptors (Lipinski definition) is 7. The van der Waals surface area contributed by atoms with Crippen molar-refractivity contribution in [2.75, 3.05) is 52.4 Å². The number of amides is 1. The van der Waals surface area contributed by atoms with Gasteiger partial charge in [0.05, 0.1) is 26.0 Å². The Balaban J connectivity index is 1.47. The van der Waals surface area contributed by atoms with Gasteiger partial charge in [0.25, 0.3) is 5.91 Å². The van der Waals surface area contributed by atoms with Gasteiger partial charge in [-0.05, 0) is 36.4 Å². The number of piperazine rings is 1. The van der Waals surface area contributed by atoms with E-state index in [1.54, 1.807) is 44.8 Å². The van der Waals surface area contributed by atoms with E-state index in [4.69, 9.17) is 19.2 Å². The minimum Gasteiger partial charge on any atom is -0.497 e. The molecule has 0 unspecified atom stereocenters. The molecule has 0 aliphatic carbocycles. The van der Waals surface area contributed by atoms with E-state index < -0.39 is 0 Å². The molecule has 1 aromatic heterocycles. The summed E-state index contributed by atoms with van der Waals surface area (Å²) in [5.41, 5.74) is 1.49. The summed E-state index contributed by atoms with van der Waals surface area (Å²) in [7, 11) is 4.86. The van der Waals surface area contributed by atoms with Crippen molar-refractivity contribution in [3.63, 3.8) is 0 Å². The fourth-order valence-corrected chi connectivity index (χ4v) is 4.47. The Bertz CT molecular complexity index is 1010. The van der Waals surface area contributed by atoms with Crippen LogP contribution in [0, 0.1) is 0 Å². The SMILES string of the molecule is COc1ccc(C(=O)N2CCN(c3nc4c(OC)c(OC)ccc4s3)CC2)cc1. The zero-order chi connectivity index (χ0) is 20.4. The fraction of sp³-hybridized carbons (Fsp3) is 0.333. The first-order valence-electron chi connectivity index (χ1n) is 9.34. The number of fused-ring (bicyclic) bond motifs is 1. The van der Waals surface area contributed by atoms with Crippen LogP contribution in [-0.2, 0) is 0 Å². The van der Waals surface area contributed by atoms with E-state index in [2.05, 4.69) is 4.90 Å². The summed E-state index contributed by atoms with van der Waals surface area (Å²) in [5, 5.41) is 0.933. The lowest BCUT2D eigenvalue weighted by molar-refractivity contribution is 0.0746. The maximum absolute atomic E-state index is 12.8. The Morgan fingerprint density at radius 1 is 0.931 bits per heavy atom. The lowest BCUT2D eigenvalue weighted by atomic mass is 10.1. The van der Waals surface area contributed by atoms with Crippen molar-refractivity contribution >= 4 is 32.6 Å². The molecule has 0 N–H and O–H groups in total. The van der Waals surface area contributed by atoms with Crippen LogP contribution < -0.4 is 19.1 Å². The summed E-state index contributed by atoms with van der Waals surface area (Å²) in [5.74, 6) is 2.12. The Labute approximate surface area is 173 Å². The predicted octanol–water partition coefficient (Wildman–Crippen LogP) is 3.28. The molecule has 29 heavy (non-hydrogen) atoms. The smallest absolute Gasteiger partial charge is 0.253 e. The second-order valence-electron chi connectivity index (χ2n) is 6.65. The van der Waals surface area contributed by atoms with Gasteiger partial charge in [-0.25, -0.2) is 4.98 Å². The van der Waals surface area contributed by atoms with Gasteiger partial charge in [-0.3, -0.25) is 4.79 Å². The number of ether oxygens (including phenoxy) is 3. The van der Waals surface area contributed by atoms with Crippen molar-refractivity contribution in [3.8, 4) is 17.2 Å². The largest absolute Gasteiger partial charge is 0.497 e. The summed E-state index contributed by atoms with van der Waals surface area (Å²) in [6.07, 6.45) is 0. The lowest BCUT2D eigenvalue weighted by Gasteiger charge is -2.34. The molecule has 1 saturated heterocycles. The van der Waals surface area contributed by atoms with Crippen LogP contribution in [-0.4, -0.2) is 63.3 Å². The van der Waals surface area contributed by atoms with E-state index >= 15 is 0 Å². The molecule has 0 atom stereocenters. The van der Waals surface area contributed by atoms with Crippen LogP contribution >= 0.6 is 11.3 Å². The van der Waals surface area contributed by atoms with E-state index in [1.165, 1.54) is 0 Å². The number of rotatable bonds is 5. The van der Waals surface area contributed by atoms with E-state index in [1.807, 2.05) is 29.2 Å². The molecule has 1 amide bonds. The summed E-state index contributed by atoms with van der Waals surface area (Å²) >= 11 is 1.62. The Hall–Kier alpha value is -3.00. The number of anilines is 1. The highest BCUT2D eigenvalue weighted by molar-refractivity contribution is 7.22. The van der Waals surface area contributed by atoms with Gasteiger partial charge in [0, 0.05) is 31.7 Å². The van der Waals surface area contributed by atoms with Gasteiger partial charge in [-0.15, -0.1) is 0 Å². The van der Waals surface area contributed by atoms with Crippen LogP contribution in [0.4, 0.5) is 5.13 Å². The van der Waals surface area contributed by atoms with Crippen LogP contribution in [0.3, 0.4) is 0 Å². The minimum absolute atomic E-state index is 0.0445. The number of thiazole rings is 1. The molecule has 0 saturated carbocycles. The van der Waals surface area contributed by atoms with Crippen molar-refractivity contribution in [1.82, 2.24) is 9.88 Å². The molecule has 2 aromatic carbocycles. The molecular formula is C21H23N3O4S. The third kappa shape index (κ3) is 3.67. The first-order valence-corrected chi connectivity index (χ1v) is 10.2. The molecule has 0 bridgehead atoms. The van der Waals surface area contributed by atoms with Crippen LogP contribution in [0.15, 0.2) is 36.4 Å². The van der Waals surface area contributed by atoms with Crippen molar-refractivity contribution in [1.29, 1.82) is 0 Å². The van der Waals surface area contributed by atoms with Crippen molar-refractivity contribution in [3.05, 3.63) is 42.0 Å². The molecule has 1 aliphatic heterocycles. The third-order valence-corrected chi connectivity index (χ3v) is 6.15. The maximum atomic E-state index is 12.8. The van der Waals surface area contributed by atoms with Crippen molar-refractivity contribution in [2.24, 2.45) is 0 Å². The Morgan fingerprint density at radius 2 is 1.66 bits per heavy atom. The van der Waals surface area contributed by atoms with E-state index in [0.717, 1.165) is 34.2 Å². The zero-order valence-corrected chi connectivity index (χ0v) is 17.5. The summed E-state index contributed by atoms with van der Waals surface area (Å²) in [4.78, 5) is 21.6. The number of aromatic nitrogens is 1. The molecule has 0 radical (unpaired) electrons. The summed E-state index contributed by atoms with van der Waals surface area (Å²) < 4.78 is 17.1. The molecule has 1 aliphatic rings. The number of methoxy groups -OCH3 is 3. The number of nitrogens with zero attached hydrogens (tertiary/aromatic N) is 3. The van der Waals surface area contributed by atoms with Crippen LogP contribution in [0.1, 0.15) is 10.4 Å². The Kier molecular flexibility index (Phi) is 5.44. The van der Waals surface area contributed by atoms with Gasteiger partial charge < -0.3 is 24.0 Å². The normalized spacial score (nSPS) is 14.2. The highest BCUT2D eigenvalue weighted by Crippen LogP contribution is 2.40. The highest BCUT2D eigenvalue weighted by Gasteiger charge is 2.25. The number of carbonyl (C=O) groups excluding carboxylic acids is 1. The highest BCUT2D eigenvalue weighted by atomic mass is 32.1. The van der Waals surface area contributed by atoms with Crippen LogP contribution in [0.5, 0.6) is 17.2 Å². The van der Waals surface area contributed by atoms with Gasteiger partial charge in [-0.1, -0.05) is 11.3 Å². The third-order valence-electron chi connectivity index (χ3n) is 5.07. The molecular weight excluding hydrogens is 390 g/mol. The average Bonchev–Trinajstić information content (AvgIpc) is 3.22. The van der Waals surface area contributed by atoms with Crippen LogP contribution in [0.25, 0.3) is 10.2 Å². The van der Waals surface area contributed by atoms with Crippen LogP contribution in [0.2, 0.25) is 0 Å². The first kappa shape index (κ1) is 19.3. The minimum atomic E-state index is 0.0445. The average molecular weight is 413 g/mol. The van der Waals surface area contributed by atoms with Crippen molar-refractivity contribution < 1.29 is 19.0 Å². The quantitative estimate of drug-likeness (QED) is 0.640. The number of hydrogen-bond donors (Lipinski definition) is 0. The molecule has 2 heterocycles. The molecule has 4 rings (SSSR count). The van der Waals surface area contributed by atoms with Gasteiger partial charge in [0.1, 0.15) is 11.3 Å². The molecule has 0 spiro atoms. The van der Waals surface area contributed by atoms with Gasteiger partial charge >= 0.3 is 0 Å². The predicted molar refractivity (Wildman–Crippen MR) is 114 cm³/mol. The summed E-state index contributed by atoms with van der Waals surface area (Å²) in [6.45, 7) is 2.78. The molecule has 7 nitrogen and oxygen atoms in total.